The molecule has 0 bridgehead atoms. The molecule has 1 heterocycles. The van der Waals surface area contributed by atoms with E-state index in [-0.39, 0.29) is 22.7 Å². The summed E-state index contributed by atoms with van der Waals surface area (Å²) >= 11 is 1.15. The highest BCUT2D eigenvalue weighted by molar-refractivity contribution is 8.13. The zero-order valence-corrected chi connectivity index (χ0v) is 13.5. The monoisotopic (exact) mass is 346 g/mol. The van der Waals surface area contributed by atoms with Gasteiger partial charge < -0.3 is 9.73 Å². The summed E-state index contributed by atoms with van der Waals surface area (Å²) in [6.07, 6.45) is 1.56. The van der Waals surface area contributed by atoms with Crippen molar-refractivity contribution in [2.24, 2.45) is 10.2 Å². The smallest absolute Gasteiger partial charge is 0.405 e. The number of nitro groups is 1. The maximum absolute atomic E-state index is 11.2. The Hall–Kier alpha value is -2.94. The number of amides is 1. The molecule has 0 aliphatic carbocycles. The second-order valence-electron chi connectivity index (χ2n) is 4.53. The Morgan fingerprint density at radius 1 is 1.33 bits per heavy atom. The van der Waals surface area contributed by atoms with E-state index in [9.17, 15) is 14.9 Å². The lowest BCUT2D eigenvalue weighted by atomic mass is 10.2. The van der Waals surface area contributed by atoms with Crippen LogP contribution in [0.4, 0.5) is 5.88 Å². The Morgan fingerprint density at radius 3 is 2.71 bits per heavy atom. The molecule has 2 rings (SSSR count). The largest absolute Gasteiger partial charge is 0.433 e. The Labute approximate surface area is 141 Å². The predicted octanol–water partition coefficient (Wildman–Crippen LogP) is 2.95. The van der Waals surface area contributed by atoms with Gasteiger partial charge in [0.1, 0.15) is 10.7 Å². The maximum Gasteiger partial charge on any atom is 0.433 e. The molecule has 1 amide bonds. The number of furan rings is 1. The molecule has 9 heteroatoms. The van der Waals surface area contributed by atoms with E-state index in [1.54, 1.807) is 6.21 Å². The van der Waals surface area contributed by atoms with Gasteiger partial charge in [-0.1, -0.05) is 42.1 Å². The van der Waals surface area contributed by atoms with Gasteiger partial charge in [-0.2, -0.15) is 5.10 Å². The first-order valence-electron chi connectivity index (χ1n) is 6.84. The van der Waals surface area contributed by atoms with Crippen LogP contribution in [0.2, 0.25) is 0 Å². The van der Waals surface area contributed by atoms with Crippen molar-refractivity contribution in [3.8, 4) is 0 Å². The molecule has 0 fully saturated rings. The van der Waals surface area contributed by atoms with Gasteiger partial charge in [-0.3, -0.25) is 14.9 Å². The number of hydrogen-bond donors (Lipinski definition) is 1. The summed E-state index contributed by atoms with van der Waals surface area (Å²) in [7, 11) is 0. The first-order chi connectivity index (χ1) is 11.5. The van der Waals surface area contributed by atoms with E-state index in [1.165, 1.54) is 19.1 Å². The maximum atomic E-state index is 11.2. The summed E-state index contributed by atoms with van der Waals surface area (Å²) in [5.74, 6) is 0.0532. The van der Waals surface area contributed by atoms with Crippen molar-refractivity contribution < 1.29 is 14.1 Å². The number of hydrogen-bond acceptors (Lipinski definition) is 7. The SMILES string of the molecule is CC(=O)N/C(=N/N=C/c1ccccc1)SCc1ccc([N+](=O)[O-])o1. The van der Waals surface area contributed by atoms with Crippen molar-refractivity contribution in [1.82, 2.24) is 5.32 Å². The minimum absolute atomic E-state index is 0.272. The Balaban J connectivity index is 2.01. The molecular weight excluding hydrogens is 332 g/mol. The lowest BCUT2D eigenvalue weighted by molar-refractivity contribution is -0.402. The van der Waals surface area contributed by atoms with Gasteiger partial charge in [0.25, 0.3) is 0 Å². The molecule has 124 valence electrons. The van der Waals surface area contributed by atoms with Crippen LogP contribution >= 0.6 is 11.8 Å². The second-order valence-corrected chi connectivity index (χ2v) is 5.49. The third-order valence-corrected chi connectivity index (χ3v) is 3.50. The lowest BCUT2D eigenvalue weighted by Gasteiger charge is -2.03. The van der Waals surface area contributed by atoms with Gasteiger partial charge >= 0.3 is 5.88 Å². The van der Waals surface area contributed by atoms with Crippen molar-refractivity contribution in [1.29, 1.82) is 0 Å². The molecule has 1 aromatic heterocycles. The number of rotatable bonds is 5. The molecular formula is C15H14N4O4S. The Bertz CT molecular complexity index is 771. The molecule has 0 saturated heterocycles. The summed E-state index contributed by atoms with van der Waals surface area (Å²) in [6, 6.07) is 12.2. The van der Waals surface area contributed by atoms with Crippen LogP contribution in [0, 0.1) is 10.1 Å². The van der Waals surface area contributed by atoms with Crippen molar-refractivity contribution in [3.63, 3.8) is 0 Å². The third kappa shape index (κ3) is 5.69. The highest BCUT2D eigenvalue weighted by Gasteiger charge is 2.13. The topological polar surface area (TPSA) is 110 Å². The first-order valence-corrected chi connectivity index (χ1v) is 7.82. The fraction of sp³-hybridized carbons (Fsp3) is 0.133. The minimum atomic E-state index is -0.610. The second kappa shape index (κ2) is 8.63. The molecule has 0 saturated carbocycles. The summed E-state index contributed by atoms with van der Waals surface area (Å²) in [5, 5.41) is 21.3. The van der Waals surface area contributed by atoms with E-state index in [1.807, 2.05) is 30.3 Å². The molecule has 2 aromatic rings. The van der Waals surface area contributed by atoms with Crippen LogP contribution in [0.5, 0.6) is 0 Å². The number of carbonyl (C=O) groups is 1. The molecule has 0 radical (unpaired) electrons. The van der Waals surface area contributed by atoms with E-state index in [0.29, 0.717) is 5.76 Å². The highest BCUT2D eigenvalue weighted by Crippen LogP contribution is 2.20. The van der Waals surface area contributed by atoms with Gasteiger partial charge in [0, 0.05) is 6.92 Å². The van der Waals surface area contributed by atoms with Crippen LogP contribution in [0.25, 0.3) is 0 Å². The predicted molar refractivity (Wildman–Crippen MR) is 91.9 cm³/mol. The number of nitrogens with one attached hydrogen (secondary N) is 1. The van der Waals surface area contributed by atoms with Crippen molar-refractivity contribution in [2.75, 3.05) is 0 Å². The zero-order valence-electron chi connectivity index (χ0n) is 12.7. The van der Waals surface area contributed by atoms with E-state index < -0.39 is 4.92 Å². The minimum Gasteiger partial charge on any atom is -0.405 e. The average Bonchev–Trinajstić information content (AvgIpc) is 3.02. The molecule has 0 atom stereocenters. The zero-order chi connectivity index (χ0) is 17.4. The lowest BCUT2D eigenvalue weighted by Crippen LogP contribution is -2.25. The number of carbonyl (C=O) groups excluding carboxylic acids is 1. The Kier molecular flexibility index (Phi) is 6.26. The summed E-state index contributed by atoms with van der Waals surface area (Å²) in [6.45, 7) is 1.36. The highest BCUT2D eigenvalue weighted by atomic mass is 32.2. The molecule has 24 heavy (non-hydrogen) atoms. The molecule has 8 nitrogen and oxygen atoms in total. The number of thioether (sulfide) groups is 1. The average molecular weight is 346 g/mol. The van der Waals surface area contributed by atoms with Crippen LogP contribution in [0.15, 0.2) is 57.1 Å². The van der Waals surface area contributed by atoms with Gasteiger partial charge in [-0.05, 0) is 11.6 Å². The van der Waals surface area contributed by atoms with Crippen LogP contribution in [-0.4, -0.2) is 22.2 Å². The molecule has 1 aromatic carbocycles. The van der Waals surface area contributed by atoms with Crippen LogP contribution in [0.3, 0.4) is 0 Å². The molecule has 1 N–H and O–H groups in total. The molecule has 0 unspecified atom stereocenters. The number of benzene rings is 1. The van der Waals surface area contributed by atoms with E-state index in [0.717, 1.165) is 17.3 Å². The third-order valence-electron chi connectivity index (χ3n) is 2.62. The Morgan fingerprint density at radius 2 is 2.08 bits per heavy atom. The van der Waals surface area contributed by atoms with Crippen molar-refractivity contribution in [2.45, 2.75) is 12.7 Å². The van der Waals surface area contributed by atoms with Gasteiger partial charge in [-0.15, -0.1) is 5.10 Å². The summed E-state index contributed by atoms with van der Waals surface area (Å²) < 4.78 is 5.05. The normalized spacial score (nSPS) is 11.6. The van der Waals surface area contributed by atoms with Crippen molar-refractivity contribution >= 4 is 34.9 Å². The quantitative estimate of drug-likeness (QED) is 0.387. The molecule has 0 aliphatic heterocycles. The van der Waals surface area contributed by atoms with E-state index >= 15 is 0 Å². The first kappa shape index (κ1) is 17.4. The van der Waals surface area contributed by atoms with Gasteiger partial charge in [0.05, 0.1) is 18.0 Å². The summed E-state index contributed by atoms with van der Waals surface area (Å²) in [5.41, 5.74) is 0.870. The number of nitrogens with zero attached hydrogens (tertiary/aromatic N) is 3. The van der Waals surface area contributed by atoms with Gasteiger partial charge in [0.2, 0.25) is 5.91 Å². The molecule has 0 aliphatic rings. The fourth-order valence-electron chi connectivity index (χ4n) is 1.61. The fourth-order valence-corrected chi connectivity index (χ4v) is 2.36. The van der Waals surface area contributed by atoms with Crippen LogP contribution in [0.1, 0.15) is 18.2 Å². The number of amidine groups is 1. The van der Waals surface area contributed by atoms with Crippen LogP contribution < -0.4 is 5.32 Å². The van der Waals surface area contributed by atoms with Gasteiger partial charge in [0.15, 0.2) is 5.17 Å². The summed E-state index contributed by atoms with van der Waals surface area (Å²) in [4.78, 5) is 21.2. The standard InChI is InChI=1S/C15H14N4O4S/c1-11(20)17-15(18-16-9-12-5-3-2-4-6-12)24-10-13-7-8-14(23-13)19(21)22/h2-9H,10H2,1H3,(H,17,18,20)/b16-9+. The molecule has 0 spiro atoms. The van der Waals surface area contributed by atoms with E-state index in [4.69, 9.17) is 4.42 Å². The van der Waals surface area contributed by atoms with Gasteiger partial charge in [-0.25, -0.2) is 0 Å². The van der Waals surface area contributed by atoms with E-state index in [2.05, 4.69) is 15.5 Å². The van der Waals surface area contributed by atoms with Crippen LogP contribution in [-0.2, 0) is 10.5 Å². The van der Waals surface area contributed by atoms with Crippen molar-refractivity contribution in [3.05, 3.63) is 63.9 Å².